The molecular weight excluding hydrogens is 726 g/mol. The van der Waals surface area contributed by atoms with E-state index in [2.05, 4.69) is 36.6 Å². The average molecular weight is 780 g/mol. The van der Waals surface area contributed by atoms with Crippen LogP contribution < -0.4 is 43.8 Å². The van der Waals surface area contributed by atoms with Gasteiger partial charge in [0.25, 0.3) is 0 Å². The Balaban J connectivity index is 2.17. The van der Waals surface area contributed by atoms with E-state index < -0.39 is 108 Å². The van der Waals surface area contributed by atoms with Crippen molar-refractivity contribution in [3.05, 3.63) is 18.2 Å². The number of hydrogen-bond acceptors (Lipinski definition) is 12. The number of aliphatic hydroxyl groups excluding tert-OH is 1. The maximum atomic E-state index is 13.9. The van der Waals surface area contributed by atoms with Gasteiger partial charge in [0.15, 0.2) is 0 Å². The number of nitrogens with zero attached hydrogens (tertiary/aromatic N) is 2. The first-order chi connectivity index (χ1) is 25.9. The van der Waals surface area contributed by atoms with Crippen LogP contribution in [0.1, 0.15) is 71.4 Å². The van der Waals surface area contributed by atoms with Crippen molar-refractivity contribution in [1.29, 1.82) is 0 Å². The number of nitrogens with two attached hydrogens (primary N) is 3. The Morgan fingerprint density at radius 1 is 0.873 bits per heavy atom. The smallest absolute Gasteiger partial charge is 0.326 e. The van der Waals surface area contributed by atoms with Gasteiger partial charge in [0.1, 0.15) is 36.3 Å². The summed E-state index contributed by atoms with van der Waals surface area (Å²) in [5.74, 6) is -8.22. The molecule has 8 amide bonds. The van der Waals surface area contributed by atoms with Gasteiger partial charge in [0, 0.05) is 32.0 Å². The second-order valence-electron chi connectivity index (χ2n) is 13.4. The van der Waals surface area contributed by atoms with Gasteiger partial charge in [-0.15, -0.1) is 0 Å². The molecule has 0 spiro atoms. The number of carboxylic acid groups (broad SMARTS) is 1. The number of hydrogen-bond donors (Lipinski definition) is 11. The molecule has 1 aromatic rings. The van der Waals surface area contributed by atoms with E-state index in [0.717, 1.165) is 0 Å². The van der Waals surface area contributed by atoms with Crippen LogP contribution in [0.5, 0.6) is 0 Å². The van der Waals surface area contributed by atoms with Gasteiger partial charge in [0.05, 0.1) is 24.7 Å². The van der Waals surface area contributed by atoms with Gasteiger partial charge >= 0.3 is 5.97 Å². The lowest BCUT2D eigenvalue weighted by molar-refractivity contribution is -0.144. The van der Waals surface area contributed by atoms with Crippen LogP contribution in [-0.2, 0) is 49.6 Å². The molecule has 0 saturated carbocycles. The molecular formula is C33H53N11O11. The zero-order chi connectivity index (χ0) is 41.4. The molecule has 0 unspecified atom stereocenters. The quantitative estimate of drug-likeness (QED) is 0.0499. The van der Waals surface area contributed by atoms with E-state index in [9.17, 15) is 53.4 Å². The molecule has 0 radical (unpaired) electrons. The van der Waals surface area contributed by atoms with Crippen LogP contribution in [0.25, 0.3) is 0 Å². The number of imidazole rings is 1. The fourth-order valence-electron chi connectivity index (χ4n) is 5.65. The van der Waals surface area contributed by atoms with E-state index in [0.29, 0.717) is 18.5 Å². The van der Waals surface area contributed by atoms with Crippen LogP contribution in [0.3, 0.4) is 0 Å². The zero-order valence-electron chi connectivity index (χ0n) is 31.0. The number of nitrogens with one attached hydrogen (secondary N) is 6. The number of H-pyrrole nitrogens is 1. The first-order valence-corrected chi connectivity index (χ1v) is 17.9. The van der Waals surface area contributed by atoms with E-state index in [1.165, 1.54) is 24.3 Å². The van der Waals surface area contributed by atoms with Gasteiger partial charge in [0.2, 0.25) is 47.3 Å². The molecule has 0 aliphatic carbocycles. The molecule has 1 saturated heterocycles. The Kier molecular flexibility index (Phi) is 18.1. The fraction of sp³-hybridized carbons (Fsp3) is 0.636. The second kappa shape index (κ2) is 21.9. The highest BCUT2D eigenvalue weighted by Gasteiger charge is 2.40. The number of likely N-dealkylation sites (tertiary alicyclic amines) is 1. The Labute approximate surface area is 316 Å². The normalized spacial score (nSPS) is 17.6. The third-order valence-electron chi connectivity index (χ3n) is 9.11. The van der Waals surface area contributed by atoms with E-state index in [1.54, 1.807) is 13.8 Å². The van der Waals surface area contributed by atoms with Gasteiger partial charge in [-0.3, -0.25) is 38.4 Å². The molecule has 22 nitrogen and oxygen atoms in total. The Bertz CT molecular complexity index is 1540. The van der Waals surface area contributed by atoms with Gasteiger partial charge in [-0.1, -0.05) is 20.3 Å². The second-order valence-corrected chi connectivity index (χ2v) is 13.4. The van der Waals surface area contributed by atoms with Crippen LogP contribution in [0.15, 0.2) is 12.5 Å². The van der Waals surface area contributed by atoms with Crippen LogP contribution in [0.4, 0.5) is 0 Å². The van der Waals surface area contributed by atoms with Gasteiger partial charge in [-0.05, 0) is 38.5 Å². The first-order valence-electron chi connectivity index (χ1n) is 17.9. The third-order valence-corrected chi connectivity index (χ3v) is 9.11. The molecule has 1 aliphatic rings. The molecule has 2 heterocycles. The summed E-state index contributed by atoms with van der Waals surface area (Å²) in [5, 5.41) is 31.8. The van der Waals surface area contributed by atoms with Crippen molar-refractivity contribution in [3.63, 3.8) is 0 Å². The van der Waals surface area contributed by atoms with E-state index >= 15 is 0 Å². The summed E-state index contributed by atoms with van der Waals surface area (Å²) in [4.78, 5) is 122. The number of carbonyl (C=O) groups excluding carboxylic acids is 8. The Hall–Kier alpha value is -5.64. The number of rotatable bonds is 23. The summed E-state index contributed by atoms with van der Waals surface area (Å²) >= 11 is 0. The number of carbonyl (C=O) groups is 9. The Morgan fingerprint density at radius 2 is 1.49 bits per heavy atom. The van der Waals surface area contributed by atoms with E-state index in [1.807, 2.05) is 0 Å². The molecule has 0 aromatic carbocycles. The summed E-state index contributed by atoms with van der Waals surface area (Å²) in [6.45, 7) is 3.86. The predicted molar refractivity (Wildman–Crippen MR) is 191 cm³/mol. The van der Waals surface area contributed by atoms with E-state index in [4.69, 9.17) is 17.2 Å². The lowest BCUT2D eigenvalue weighted by Crippen LogP contribution is -2.60. The van der Waals surface area contributed by atoms with Crippen molar-refractivity contribution < 1.29 is 53.4 Å². The molecule has 306 valence electrons. The predicted octanol–water partition coefficient (Wildman–Crippen LogP) is -4.63. The van der Waals surface area contributed by atoms with Crippen LogP contribution >= 0.6 is 0 Å². The molecule has 8 atom stereocenters. The lowest BCUT2D eigenvalue weighted by Gasteiger charge is -2.31. The van der Waals surface area contributed by atoms with Crippen molar-refractivity contribution in [2.24, 2.45) is 23.1 Å². The summed E-state index contributed by atoms with van der Waals surface area (Å²) in [6, 6.07) is -9.15. The van der Waals surface area contributed by atoms with Gasteiger partial charge in [-0.2, -0.15) is 0 Å². The number of aliphatic hydroxyl groups is 1. The minimum absolute atomic E-state index is 0.0593. The largest absolute Gasteiger partial charge is 0.480 e. The fourth-order valence-corrected chi connectivity index (χ4v) is 5.65. The summed E-state index contributed by atoms with van der Waals surface area (Å²) in [7, 11) is 0. The standard InChI is InChI=1S/C33H53N11O11/c1-4-16(2)26(31(52)41-21(33(54)55)12-18-13-37-15-38-18)43-30(51)23-6-5-11-44(23)32(53)20(8-10-25(36)47)40-29(50)22(14-45)42-27(48)17(3)39-28(49)19(34)7-9-24(35)46/h13,15-17,19-23,26,45H,4-12,14,34H2,1-3H3,(H2,35,46)(H2,36,47)(H,37,38)(H,39,49)(H,40,50)(H,41,52)(H,42,48)(H,43,51)(H,54,55)/t16-,17-,19-,20-,21-,22-,23-,26-/m0/s1. The van der Waals surface area contributed by atoms with Crippen LogP contribution in [0, 0.1) is 5.92 Å². The van der Waals surface area contributed by atoms with Crippen molar-refractivity contribution >= 4 is 53.2 Å². The molecule has 22 heteroatoms. The number of aromatic amines is 1. The van der Waals surface area contributed by atoms with Gasteiger partial charge in [-0.25, -0.2) is 9.78 Å². The molecule has 0 bridgehead atoms. The zero-order valence-corrected chi connectivity index (χ0v) is 31.0. The number of carboxylic acids is 1. The third kappa shape index (κ3) is 14.3. The number of amides is 8. The molecule has 2 rings (SSSR count). The highest BCUT2D eigenvalue weighted by Crippen LogP contribution is 2.21. The summed E-state index contributed by atoms with van der Waals surface area (Å²) < 4.78 is 0. The minimum atomic E-state index is -1.63. The summed E-state index contributed by atoms with van der Waals surface area (Å²) in [5.41, 5.74) is 16.5. The van der Waals surface area contributed by atoms with Crippen LogP contribution in [0.2, 0.25) is 0 Å². The molecule has 14 N–H and O–H groups in total. The number of aliphatic carboxylic acids is 1. The van der Waals surface area contributed by atoms with Crippen molar-refractivity contribution in [1.82, 2.24) is 41.5 Å². The molecule has 1 aromatic heterocycles. The monoisotopic (exact) mass is 779 g/mol. The molecule has 1 aliphatic heterocycles. The van der Waals surface area contributed by atoms with Crippen molar-refractivity contribution in [2.45, 2.75) is 114 Å². The Morgan fingerprint density at radius 3 is 2.05 bits per heavy atom. The van der Waals surface area contributed by atoms with E-state index in [-0.39, 0.29) is 45.1 Å². The maximum Gasteiger partial charge on any atom is 0.326 e. The van der Waals surface area contributed by atoms with Crippen molar-refractivity contribution in [3.8, 4) is 0 Å². The van der Waals surface area contributed by atoms with Crippen LogP contribution in [-0.4, -0.2) is 134 Å². The highest BCUT2D eigenvalue weighted by molar-refractivity contribution is 5.97. The minimum Gasteiger partial charge on any atom is -0.480 e. The summed E-state index contributed by atoms with van der Waals surface area (Å²) in [6.07, 6.45) is 2.75. The average Bonchev–Trinajstić information content (AvgIpc) is 3.85. The number of primary amides is 2. The number of aromatic nitrogens is 2. The lowest BCUT2D eigenvalue weighted by atomic mass is 9.97. The SMILES string of the molecule is CC[C@H](C)[C@H](NC(=O)[C@@H]1CCCN1C(=O)[C@H](CCC(N)=O)NC(=O)[C@H](CO)NC(=O)[C@H](C)NC(=O)[C@@H](N)CCC(N)=O)C(=O)N[C@@H](Cc1c[nH]cn1)C(=O)O. The van der Waals surface area contributed by atoms with Gasteiger partial charge < -0.3 is 63.9 Å². The first kappa shape index (κ1) is 45.5. The molecule has 55 heavy (non-hydrogen) atoms. The maximum absolute atomic E-state index is 13.9. The topological polar surface area (TPSA) is 364 Å². The van der Waals surface area contributed by atoms with Crippen molar-refractivity contribution in [2.75, 3.05) is 13.2 Å². The molecule has 1 fully saturated rings. The highest BCUT2D eigenvalue weighted by atomic mass is 16.4.